The van der Waals surface area contributed by atoms with E-state index in [4.69, 9.17) is 0 Å². The molecule has 1 aliphatic rings. The zero-order valence-corrected chi connectivity index (χ0v) is 13.5. The highest BCUT2D eigenvalue weighted by Crippen LogP contribution is 2.30. The fourth-order valence-corrected chi connectivity index (χ4v) is 2.84. The van der Waals surface area contributed by atoms with Crippen LogP contribution in [0.25, 0.3) is 10.9 Å². The van der Waals surface area contributed by atoms with Crippen molar-refractivity contribution >= 4 is 28.6 Å². The summed E-state index contributed by atoms with van der Waals surface area (Å²) < 4.78 is 1.91. The Labute approximate surface area is 133 Å². The summed E-state index contributed by atoms with van der Waals surface area (Å²) in [6.07, 6.45) is 1.86. The lowest BCUT2D eigenvalue weighted by Gasteiger charge is -2.21. The molecule has 1 aliphatic heterocycles. The first-order valence-electron chi connectivity index (χ1n) is 7.48. The van der Waals surface area contributed by atoms with Gasteiger partial charge in [-0.15, -0.1) is 0 Å². The fourth-order valence-electron chi connectivity index (χ4n) is 2.84. The Morgan fingerprint density at radius 1 is 1.35 bits per heavy atom. The molecule has 23 heavy (non-hydrogen) atoms. The number of carbonyl (C=O) groups is 2. The number of nitrogens with one attached hydrogen (secondary N) is 1. The molecule has 1 unspecified atom stereocenters. The lowest BCUT2D eigenvalue weighted by atomic mass is 9.89. The number of nitrogens with zero attached hydrogens (tertiary/aromatic N) is 2. The zero-order chi connectivity index (χ0) is 16.9. The van der Waals surface area contributed by atoms with Crippen LogP contribution in [0.15, 0.2) is 29.4 Å². The minimum absolute atomic E-state index is 0.00301. The lowest BCUT2D eigenvalue weighted by molar-refractivity contribution is -0.124. The van der Waals surface area contributed by atoms with Crippen molar-refractivity contribution in [2.45, 2.75) is 26.3 Å². The average Bonchev–Trinajstić information content (AvgIpc) is 3.00. The molecule has 0 aliphatic carbocycles. The standard InChI is InChI=1S/C17H19N3O3/c1-9(2)17(3)16(23)18-14(19-17)13-10-7-8-20(4)12(10)6-5-11(13)15(21)22/h5-9H,1-4H3,(H,21,22)(H,18,19,23). The summed E-state index contributed by atoms with van der Waals surface area (Å²) in [5, 5.41) is 13.1. The number of aliphatic imine (C=N–C) groups is 1. The molecule has 0 fully saturated rings. The maximum absolute atomic E-state index is 12.4. The van der Waals surface area contributed by atoms with E-state index >= 15 is 0 Å². The van der Waals surface area contributed by atoms with Crippen molar-refractivity contribution in [3.8, 4) is 0 Å². The molecule has 0 saturated carbocycles. The van der Waals surface area contributed by atoms with Crippen molar-refractivity contribution < 1.29 is 14.7 Å². The highest BCUT2D eigenvalue weighted by Gasteiger charge is 2.43. The third-order valence-corrected chi connectivity index (χ3v) is 4.69. The van der Waals surface area contributed by atoms with Crippen LogP contribution < -0.4 is 5.32 Å². The number of aryl methyl sites for hydroxylation is 1. The molecule has 0 saturated heterocycles. The minimum atomic E-state index is -1.04. The number of amides is 1. The normalized spacial score (nSPS) is 20.9. The summed E-state index contributed by atoms with van der Waals surface area (Å²) in [6, 6.07) is 5.16. The van der Waals surface area contributed by atoms with Gasteiger partial charge in [-0.1, -0.05) is 13.8 Å². The van der Waals surface area contributed by atoms with E-state index in [2.05, 4.69) is 10.3 Å². The van der Waals surface area contributed by atoms with Gasteiger partial charge in [0.1, 0.15) is 11.4 Å². The summed E-state index contributed by atoms with van der Waals surface area (Å²) in [4.78, 5) is 28.6. The largest absolute Gasteiger partial charge is 0.478 e. The Morgan fingerprint density at radius 3 is 2.61 bits per heavy atom. The van der Waals surface area contributed by atoms with Crippen LogP contribution in [-0.4, -0.2) is 32.9 Å². The number of hydrogen-bond acceptors (Lipinski definition) is 3. The van der Waals surface area contributed by atoms with Gasteiger partial charge in [0, 0.05) is 29.7 Å². The summed E-state index contributed by atoms with van der Waals surface area (Å²) >= 11 is 0. The first-order valence-corrected chi connectivity index (χ1v) is 7.48. The molecule has 1 amide bonds. The third-order valence-electron chi connectivity index (χ3n) is 4.69. The Morgan fingerprint density at radius 2 is 2.04 bits per heavy atom. The number of benzene rings is 1. The van der Waals surface area contributed by atoms with Crippen LogP contribution in [0.4, 0.5) is 0 Å². The van der Waals surface area contributed by atoms with Gasteiger partial charge >= 0.3 is 5.97 Å². The summed E-state index contributed by atoms with van der Waals surface area (Å²) in [7, 11) is 1.89. The number of carboxylic acid groups (broad SMARTS) is 1. The van der Waals surface area contributed by atoms with E-state index in [1.54, 1.807) is 19.1 Å². The number of amidine groups is 1. The number of aromatic nitrogens is 1. The number of aromatic carboxylic acids is 1. The van der Waals surface area contributed by atoms with Crippen molar-refractivity contribution in [3.63, 3.8) is 0 Å². The van der Waals surface area contributed by atoms with Crippen molar-refractivity contribution in [1.29, 1.82) is 0 Å². The third kappa shape index (κ3) is 2.13. The highest BCUT2D eigenvalue weighted by molar-refractivity contribution is 6.23. The van der Waals surface area contributed by atoms with Crippen molar-refractivity contribution in [2.75, 3.05) is 0 Å². The van der Waals surface area contributed by atoms with Crippen LogP contribution >= 0.6 is 0 Å². The van der Waals surface area contributed by atoms with E-state index in [0.717, 1.165) is 10.9 Å². The average molecular weight is 313 g/mol. The topological polar surface area (TPSA) is 83.7 Å². The van der Waals surface area contributed by atoms with E-state index in [1.807, 2.05) is 37.7 Å². The molecular weight excluding hydrogens is 294 g/mol. The molecular formula is C17H19N3O3. The molecule has 1 atom stereocenters. The van der Waals surface area contributed by atoms with Gasteiger partial charge in [0.2, 0.25) is 0 Å². The first kappa shape index (κ1) is 15.3. The van der Waals surface area contributed by atoms with Crippen molar-refractivity contribution in [2.24, 2.45) is 18.0 Å². The minimum Gasteiger partial charge on any atom is -0.478 e. The number of carboxylic acids is 1. The van der Waals surface area contributed by atoms with Gasteiger partial charge in [-0.3, -0.25) is 9.79 Å². The van der Waals surface area contributed by atoms with E-state index in [0.29, 0.717) is 11.4 Å². The molecule has 0 spiro atoms. The molecule has 0 radical (unpaired) electrons. The van der Waals surface area contributed by atoms with Gasteiger partial charge < -0.3 is 15.0 Å². The van der Waals surface area contributed by atoms with E-state index in [1.165, 1.54) is 0 Å². The lowest BCUT2D eigenvalue weighted by Crippen LogP contribution is -2.41. The van der Waals surface area contributed by atoms with Crippen molar-refractivity contribution in [3.05, 3.63) is 35.5 Å². The molecule has 2 N–H and O–H groups in total. The second-order valence-corrected chi connectivity index (χ2v) is 6.37. The van der Waals surface area contributed by atoms with Crippen LogP contribution in [-0.2, 0) is 11.8 Å². The number of rotatable bonds is 3. The second kappa shape index (κ2) is 4.94. The van der Waals surface area contributed by atoms with Crippen LogP contribution in [0.3, 0.4) is 0 Å². The van der Waals surface area contributed by atoms with Gasteiger partial charge in [-0.2, -0.15) is 0 Å². The van der Waals surface area contributed by atoms with Crippen LogP contribution in [0.5, 0.6) is 0 Å². The number of fused-ring (bicyclic) bond motifs is 1. The second-order valence-electron chi connectivity index (χ2n) is 6.37. The van der Waals surface area contributed by atoms with E-state index in [-0.39, 0.29) is 17.4 Å². The van der Waals surface area contributed by atoms with Gasteiger partial charge in [0.05, 0.1) is 5.56 Å². The molecule has 2 aromatic rings. The predicted molar refractivity (Wildman–Crippen MR) is 87.8 cm³/mol. The first-order chi connectivity index (χ1) is 10.8. The molecule has 0 bridgehead atoms. The van der Waals surface area contributed by atoms with Gasteiger partial charge in [0.15, 0.2) is 0 Å². The van der Waals surface area contributed by atoms with Gasteiger partial charge in [-0.05, 0) is 31.0 Å². The Hall–Kier alpha value is -2.63. The van der Waals surface area contributed by atoms with Gasteiger partial charge in [-0.25, -0.2) is 4.79 Å². The fraction of sp³-hybridized carbons (Fsp3) is 0.353. The van der Waals surface area contributed by atoms with Gasteiger partial charge in [0.25, 0.3) is 5.91 Å². The van der Waals surface area contributed by atoms with Crippen molar-refractivity contribution in [1.82, 2.24) is 9.88 Å². The molecule has 1 aromatic carbocycles. The Balaban J connectivity index is 2.29. The Kier molecular flexibility index (Phi) is 3.28. The maximum atomic E-state index is 12.4. The number of carbonyl (C=O) groups excluding carboxylic acids is 1. The Bertz CT molecular complexity index is 863. The molecule has 6 nitrogen and oxygen atoms in total. The SMILES string of the molecule is CC(C)C1(C)N=C(c2c(C(=O)O)ccc3c2ccn3C)NC1=O. The molecule has 120 valence electrons. The maximum Gasteiger partial charge on any atom is 0.336 e. The zero-order valence-electron chi connectivity index (χ0n) is 13.5. The predicted octanol–water partition coefficient (Wildman–Crippen LogP) is 2.17. The summed E-state index contributed by atoms with van der Waals surface area (Å²) in [5.41, 5.74) is 0.603. The molecule has 6 heteroatoms. The smallest absolute Gasteiger partial charge is 0.336 e. The highest BCUT2D eigenvalue weighted by atomic mass is 16.4. The quantitative estimate of drug-likeness (QED) is 0.911. The summed E-state index contributed by atoms with van der Waals surface area (Å²) in [5.74, 6) is -0.906. The van der Waals surface area contributed by atoms with Crippen LogP contribution in [0.2, 0.25) is 0 Å². The molecule has 1 aromatic heterocycles. The van der Waals surface area contributed by atoms with Crippen LogP contribution in [0, 0.1) is 5.92 Å². The van der Waals surface area contributed by atoms with E-state index < -0.39 is 11.5 Å². The molecule has 3 rings (SSSR count). The summed E-state index contributed by atoms with van der Waals surface area (Å²) in [6.45, 7) is 5.62. The van der Waals surface area contributed by atoms with E-state index in [9.17, 15) is 14.7 Å². The molecule has 2 heterocycles. The van der Waals surface area contributed by atoms with Crippen LogP contribution in [0.1, 0.15) is 36.7 Å². The number of hydrogen-bond donors (Lipinski definition) is 2. The monoisotopic (exact) mass is 313 g/mol.